The summed E-state index contributed by atoms with van der Waals surface area (Å²) in [4.78, 5) is 3.94. The molecule has 3 heteroatoms. The number of hydrogen-bond donors (Lipinski definition) is 0. The summed E-state index contributed by atoms with van der Waals surface area (Å²) >= 11 is 6.25. The highest BCUT2D eigenvalue weighted by Crippen LogP contribution is 2.24. The van der Waals surface area contributed by atoms with Gasteiger partial charge in [0.25, 0.3) is 0 Å². The van der Waals surface area contributed by atoms with E-state index in [9.17, 15) is 4.39 Å². The van der Waals surface area contributed by atoms with E-state index >= 15 is 0 Å². The lowest BCUT2D eigenvalue weighted by Crippen LogP contribution is -1.96. The molecule has 0 aliphatic heterocycles. The zero-order chi connectivity index (χ0) is 11.4. The van der Waals surface area contributed by atoms with Gasteiger partial charge in [0.1, 0.15) is 5.82 Å². The molecule has 2 aromatic rings. The van der Waals surface area contributed by atoms with Gasteiger partial charge in [-0.25, -0.2) is 4.39 Å². The molecule has 2 rings (SSSR count). The number of hydrogen-bond acceptors (Lipinski definition) is 1. The van der Waals surface area contributed by atoms with Gasteiger partial charge in [-0.1, -0.05) is 12.1 Å². The standard InChI is InChI=1S/C13H11ClFN/c14-13(9-10-5-7-16-8-6-10)11-1-3-12(15)4-2-11/h1-8,13H,9H2. The lowest BCUT2D eigenvalue weighted by molar-refractivity contribution is 0.626. The summed E-state index contributed by atoms with van der Waals surface area (Å²) in [5.74, 6) is -0.239. The van der Waals surface area contributed by atoms with E-state index in [2.05, 4.69) is 4.98 Å². The van der Waals surface area contributed by atoms with Gasteiger partial charge in [0.15, 0.2) is 0 Å². The number of pyridine rings is 1. The highest BCUT2D eigenvalue weighted by molar-refractivity contribution is 6.20. The molecule has 1 heterocycles. The van der Waals surface area contributed by atoms with Crippen molar-refractivity contribution in [2.24, 2.45) is 0 Å². The van der Waals surface area contributed by atoms with Gasteiger partial charge in [-0.3, -0.25) is 4.98 Å². The van der Waals surface area contributed by atoms with Crippen LogP contribution in [0.15, 0.2) is 48.8 Å². The minimum atomic E-state index is -0.239. The van der Waals surface area contributed by atoms with Crippen LogP contribution in [0.1, 0.15) is 16.5 Å². The molecular formula is C13H11ClFN. The number of nitrogens with zero attached hydrogens (tertiary/aromatic N) is 1. The smallest absolute Gasteiger partial charge is 0.123 e. The van der Waals surface area contributed by atoms with Gasteiger partial charge in [0.2, 0.25) is 0 Å². The Morgan fingerprint density at radius 2 is 1.69 bits per heavy atom. The zero-order valence-electron chi connectivity index (χ0n) is 8.61. The van der Waals surface area contributed by atoms with E-state index in [-0.39, 0.29) is 11.2 Å². The lowest BCUT2D eigenvalue weighted by Gasteiger charge is -2.09. The van der Waals surface area contributed by atoms with Crippen molar-refractivity contribution in [3.63, 3.8) is 0 Å². The van der Waals surface area contributed by atoms with Crippen LogP contribution >= 0.6 is 11.6 Å². The second-order valence-electron chi connectivity index (χ2n) is 3.58. The topological polar surface area (TPSA) is 12.9 Å². The van der Waals surface area contributed by atoms with Crippen molar-refractivity contribution in [1.29, 1.82) is 0 Å². The van der Waals surface area contributed by atoms with E-state index in [4.69, 9.17) is 11.6 Å². The van der Waals surface area contributed by atoms with Crippen LogP contribution in [-0.4, -0.2) is 4.98 Å². The second kappa shape index (κ2) is 5.08. The molecule has 1 aromatic heterocycles. The van der Waals surface area contributed by atoms with Crippen LogP contribution in [0.3, 0.4) is 0 Å². The number of halogens is 2. The normalized spacial score (nSPS) is 12.4. The minimum Gasteiger partial charge on any atom is -0.265 e. The van der Waals surface area contributed by atoms with Crippen molar-refractivity contribution in [1.82, 2.24) is 4.98 Å². The molecule has 0 aliphatic rings. The third kappa shape index (κ3) is 2.80. The Hall–Kier alpha value is -1.41. The highest BCUT2D eigenvalue weighted by atomic mass is 35.5. The van der Waals surface area contributed by atoms with Crippen molar-refractivity contribution in [2.75, 3.05) is 0 Å². The van der Waals surface area contributed by atoms with E-state index < -0.39 is 0 Å². The fraction of sp³-hybridized carbons (Fsp3) is 0.154. The molecule has 1 unspecified atom stereocenters. The molecule has 16 heavy (non-hydrogen) atoms. The van der Waals surface area contributed by atoms with Crippen LogP contribution in [0, 0.1) is 5.82 Å². The largest absolute Gasteiger partial charge is 0.265 e. The van der Waals surface area contributed by atoms with E-state index in [1.54, 1.807) is 24.5 Å². The predicted octanol–water partition coefficient (Wildman–Crippen LogP) is 3.74. The molecule has 1 atom stereocenters. The first-order valence-corrected chi connectivity index (χ1v) is 5.48. The monoisotopic (exact) mass is 235 g/mol. The van der Waals surface area contributed by atoms with Crippen molar-refractivity contribution < 1.29 is 4.39 Å². The molecule has 0 bridgehead atoms. The quantitative estimate of drug-likeness (QED) is 0.739. The molecule has 0 saturated carbocycles. The molecule has 82 valence electrons. The summed E-state index contributed by atoms with van der Waals surface area (Å²) in [6.07, 6.45) is 4.20. The Labute approximate surface area is 98.9 Å². The first-order chi connectivity index (χ1) is 7.75. The first-order valence-electron chi connectivity index (χ1n) is 5.04. The van der Waals surface area contributed by atoms with Gasteiger partial charge < -0.3 is 0 Å². The summed E-state index contributed by atoms with van der Waals surface area (Å²) < 4.78 is 12.7. The first kappa shape index (κ1) is 11.1. The number of aromatic nitrogens is 1. The highest BCUT2D eigenvalue weighted by Gasteiger charge is 2.08. The molecule has 1 nitrogen and oxygen atoms in total. The van der Waals surface area contributed by atoms with Crippen molar-refractivity contribution >= 4 is 11.6 Å². The summed E-state index contributed by atoms with van der Waals surface area (Å²) in [6, 6.07) is 10.1. The Morgan fingerprint density at radius 1 is 1.06 bits per heavy atom. The molecular weight excluding hydrogens is 225 g/mol. The van der Waals surface area contributed by atoms with Gasteiger partial charge in [0.05, 0.1) is 5.38 Å². The zero-order valence-corrected chi connectivity index (χ0v) is 9.36. The summed E-state index contributed by atoms with van der Waals surface area (Å²) in [5, 5.41) is -0.136. The third-order valence-electron chi connectivity index (χ3n) is 2.40. The van der Waals surface area contributed by atoms with E-state index in [0.717, 1.165) is 17.5 Å². The Morgan fingerprint density at radius 3 is 2.31 bits per heavy atom. The van der Waals surface area contributed by atoms with E-state index in [1.165, 1.54) is 12.1 Å². The number of benzene rings is 1. The van der Waals surface area contributed by atoms with Gasteiger partial charge >= 0.3 is 0 Å². The molecule has 0 spiro atoms. The van der Waals surface area contributed by atoms with Crippen LogP contribution in [-0.2, 0) is 6.42 Å². The average molecular weight is 236 g/mol. The third-order valence-corrected chi connectivity index (χ3v) is 2.80. The maximum atomic E-state index is 12.7. The summed E-state index contributed by atoms with van der Waals surface area (Å²) in [6.45, 7) is 0. The SMILES string of the molecule is Fc1ccc(C(Cl)Cc2ccncc2)cc1. The predicted molar refractivity (Wildman–Crippen MR) is 62.9 cm³/mol. The Kier molecular flexibility index (Phi) is 3.52. The average Bonchev–Trinajstić information content (AvgIpc) is 2.31. The molecule has 0 amide bonds. The van der Waals surface area contributed by atoms with E-state index in [0.29, 0.717) is 0 Å². The maximum absolute atomic E-state index is 12.7. The summed E-state index contributed by atoms with van der Waals surface area (Å²) in [7, 11) is 0. The lowest BCUT2D eigenvalue weighted by atomic mass is 10.1. The Balaban J connectivity index is 2.09. The van der Waals surface area contributed by atoms with Gasteiger partial charge in [-0.05, 0) is 41.8 Å². The molecule has 0 fully saturated rings. The minimum absolute atomic E-state index is 0.136. The second-order valence-corrected chi connectivity index (χ2v) is 4.11. The van der Waals surface area contributed by atoms with Gasteiger partial charge in [-0.15, -0.1) is 11.6 Å². The maximum Gasteiger partial charge on any atom is 0.123 e. The fourth-order valence-electron chi connectivity index (χ4n) is 1.52. The Bertz CT molecular complexity index is 441. The van der Waals surface area contributed by atoms with Crippen LogP contribution < -0.4 is 0 Å². The van der Waals surface area contributed by atoms with Crippen LogP contribution in [0.2, 0.25) is 0 Å². The van der Waals surface area contributed by atoms with Gasteiger partial charge in [-0.2, -0.15) is 0 Å². The van der Waals surface area contributed by atoms with Crippen LogP contribution in [0.25, 0.3) is 0 Å². The summed E-state index contributed by atoms with van der Waals surface area (Å²) in [5.41, 5.74) is 2.05. The fourth-order valence-corrected chi connectivity index (χ4v) is 1.84. The van der Waals surface area contributed by atoms with Crippen molar-refractivity contribution in [3.8, 4) is 0 Å². The molecule has 0 aliphatic carbocycles. The molecule has 1 aromatic carbocycles. The number of rotatable bonds is 3. The molecule has 0 radical (unpaired) electrons. The van der Waals surface area contributed by atoms with Crippen molar-refractivity contribution in [3.05, 3.63) is 65.7 Å². The molecule has 0 N–H and O–H groups in total. The number of alkyl halides is 1. The van der Waals surface area contributed by atoms with Crippen LogP contribution in [0.4, 0.5) is 4.39 Å². The van der Waals surface area contributed by atoms with Crippen molar-refractivity contribution in [2.45, 2.75) is 11.8 Å². The van der Waals surface area contributed by atoms with Gasteiger partial charge in [0, 0.05) is 12.4 Å². The molecule has 0 saturated heterocycles. The van der Waals surface area contributed by atoms with Crippen LogP contribution in [0.5, 0.6) is 0 Å². The van der Waals surface area contributed by atoms with E-state index in [1.807, 2.05) is 12.1 Å².